The third kappa shape index (κ3) is 3.34. The number of allylic oxidation sites excluding steroid dienone is 1. The van der Waals surface area contributed by atoms with Crippen LogP contribution in [0.3, 0.4) is 0 Å². The van der Waals surface area contributed by atoms with Crippen LogP contribution >= 0.6 is 0 Å². The molecule has 6 nitrogen and oxygen atoms in total. The number of Topliss-reactive ketones (excluding diaryl/α,β-unsaturated/α-hetero) is 1. The van der Waals surface area contributed by atoms with Gasteiger partial charge in [0.25, 0.3) is 0 Å². The highest BCUT2D eigenvalue weighted by Crippen LogP contribution is 2.61. The van der Waals surface area contributed by atoms with Gasteiger partial charge in [0, 0.05) is 30.8 Å². The Kier molecular flexibility index (Phi) is 6.25. The fraction of sp³-hybridized carbons (Fsp3) is 0.692. The minimum absolute atomic E-state index is 0.0157. The predicted molar refractivity (Wildman–Crippen MR) is 120 cm³/mol. The maximum atomic E-state index is 13.8. The normalized spacial score (nSPS) is 48.3. The van der Waals surface area contributed by atoms with Crippen LogP contribution in [0, 0.1) is 35.5 Å². The third-order valence-electron chi connectivity index (χ3n) is 8.32. The van der Waals surface area contributed by atoms with E-state index in [1.54, 1.807) is 6.92 Å². The Morgan fingerprint density at radius 1 is 1.34 bits per heavy atom. The molecular weight excluding hydrogens is 408 g/mol. The van der Waals surface area contributed by atoms with Gasteiger partial charge in [-0.2, -0.15) is 0 Å². The van der Waals surface area contributed by atoms with Crippen LogP contribution in [0.1, 0.15) is 40.5 Å². The largest absolute Gasteiger partial charge is 0.457 e. The van der Waals surface area contributed by atoms with Gasteiger partial charge < -0.3 is 19.3 Å². The lowest BCUT2D eigenvalue weighted by Crippen LogP contribution is -2.54. The van der Waals surface area contributed by atoms with Crippen LogP contribution in [0.5, 0.6) is 0 Å². The van der Waals surface area contributed by atoms with E-state index in [1.807, 2.05) is 32.9 Å². The lowest BCUT2D eigenvalue weighted by atomic mass is 9.56. The maximum Gasteiger partial charge on any atom is 0.335 e. The highest BCUT2D eigenvalue weighted by Gasteiger charge is 2.68. The van der Waals surface area contributed by atoms with E-state index < -0.39 is 29.9 Å². The molecule has 2 heterocycles. The molecule has 6 heteroatoms. The van der Waals surface area contributed by atoms with Crippen LogP contribution in [0.15, 0.2) is 36.5 Å². The van der Waals surface area contributed by atoms with E-state index in [0.717, 1.165) is 12.0 Å². The van der Waals surface area contributed by atoms with Crippen molar-refractivity contribution < 1.29 is 28.9 Å². The van der Waals surface area contributed by atoms with Crippen molar-refractivity contribution in [2.45, 2.75) is 70.6 Å². The number of ether oxygens (including phenoxy) is 3. The Bertz CT molecular complexity index is 843. The molecule has 11 atom stereocenters. The van der Waals surface area contributed by atoms with Crippen molar-refractivity contribution in [1.82, 2.24) is 0 Å². The number of aliphatic hydroxyl groups is 1. The highest BCUT2D eigenvalue weighted by atomic mass is 16.6. The molecule has 0 aromatic rings. The lowest BCUT2D eigenvalue weighted by molar-refractivity contribution is -0.171. The van der Waals surface area contributed by atoms with Crippen LogP contribution in [-0.4, -0.2) is 54.0 Å². The first kappa shape index (κ1) is 23.4. The van der Waals surface area contributed by atoms with Crippen molar-refractivity contribution in [3.63, 3.8) is 0 Å². The van der Waals surface area contributed by atoms with Crippen molar-refractivity contribution in [3.05, 3.63) is 36.5 Å². The number of ketones is 1. The summed E-state index contributed by atoms with van der Waals surface area (Å²) in [6.45, 7) is 11.5. The smallest absolute Gasteiger partial charge is 0.335 e. The molecule has 2 aliphatic heterocycles. The maximum absolute atomic E-state index is 13.8. The molecular formula is C26H36O6. The molecule has 1 unspecified atom stereocenters. The van der Waals surface area contributed by atoms with Gasteiger partial charge in [0.15, 0.2) is 6.10 Å². The van der Waals surface area contributed by atoms with Crippen LogP contribution in [0.2, 0.25) is 0 Å². The van der Waals surface area contributed by atoms with Crippen LogP contribution in [-0.2, 0) is 23.8 Å². The fourth-order valence-electron chi connectivity index (χ4n) is 6.76. The van der Waals surface area contributed by atoms with E-state index in [9.17, 15) is 14.7 Å². The van der Waals surface area contributed by atoms with E-state index in [4.69, 9.17) is 14.2 Å². The number of carbonyl (C=O) groups is 2. The molecule has 4 bridgehead atoms. The average molecular weight is 445 g/mol. The van der Waals surface area contributed by atoms with E-state index in [-0.39, 0.29) is 47.4 Å². The van der Waals surface area contributed by atoms with E-state index in [2.05, 4.69) is 18.7 Å². The first-order valence-electron chi connectivity index (χ1n) is 11.8. The summed E-state index contributed by atoms with van der Waals surface area (Å²) < 4.78 is 18.2. The van der Waals surface area contributed by atoms with E-state index >= 15 is 0 Å². The Morgan fingerprint density at radius 3 is 2.69 bits per heavy atom. The van der Waals surface area contributed by atoms with E-state index in [1.165, 1.54) is 7.11 Å². The Hall–Kier alpha value is -1.76. The second kappa shape index (κ2) is 8.54. The van der Waals surface area contributed by atoms with Gasteiger partial charge in [-0.05, 0) is 38.2 Å². The standard InChI is InChI=1S/C26H36O6/c1-7-8-18-15(4)22(28)21-19-10-9-17-12-20(30-6)25(29)31-23(16(5)27)13(2)11-14(3)26(17,21)32-24(18)19/h7,9-11,13,15-21,23-24,27H,1,8,12H2,2-6H3/b14-11+/t13-,15-,16-,17-,18-,19-,20?,21+,23+,24+,26+/m1/s1. The topological polar surface area (TPSA) is 82.1 Å². The zero-order chi connectivity index (χ0) is 23.4. The molecule has 0 aromatic carbocycles. The number of cyclic esters (lactones) is 1. The minimum Gasteiger partial charge on any atom is -0.457 e. The summed E-state index contributed by atoms with van der Waals surface area (Å²) in [5.41, 5.74) is 0.146. The number of aliphatic hydroxyl groups excluding tert-OH is 1. The third-order valence-corrected chi connectivity index (χ3v) is 8.32. The van der Waals surface area contributed by atoms with Gasteiger partial charge in [0.1, 0.15) is 17.5 Å². The molecule has 176 valence electrons. The quantitative estimate of drug-likeness (QED) is 0.530. The molecule has 4 aliphatic rings. The van der Waals surface area contributed by atoms with Gasteiger partial charge in [-0.3, -0.25) is 4.79 Å². The molecule has 2 aliphatic carbocycles. The number of rotatable bonds is 4. The summed E-state index contributed by atoms with van der Waals surface area (Å²) in [6, 6.07) is 0. The summed E-state index contributed by atoms with van der Waals surface area (Å²) in [5, 5.41) is 10.3. The van der Waals surface area contributed by atoms with Gasteiger partial charge in [0.2, 0.25) is 0 Å². The SMILES string of the molecule is C=CC[C@H]1[C@@H]2O[C@@]34/C(C)=C/[C@@H](C)[C@@H]([C@@H](C)O)OC(=O)C(OC)C[C@H]3C=C[C@@H]2[C@H]4C(=O)[C@@H]1C. The zero-order valence-corrected chi connectivity index (χ0v) is 19.7. The lowest BCUT2D eigenvalue weighted by Gasteiger charge is -2.46. The van der Waals surface area contributed by atoms with Gasteiger partial charge >= 0.3 is 5.97 Å². The molecule has 1 saturated heterocycles. The summed E-state index contributed by atoms with van der Waals surface area (Å²) in [7, 11) is 1.49. The number of methoxy groups -OCH3 is 1. The number of carbonyl (C=O) groups excluding carboxylic acids is 2. The monoisotopic (exact) mass is 444 g/mol. The Morgan fingerprint density at radius 2 is 2.06 bits per heavy atom. The summed E-state index contributed by atoms with van der Waals surface area (Å²) in [6.07, 6.45) is 6.80. The number of hydrogen-bond acceptors (Lipinski definition) is 6. The van der Waals surface area contributed by atoms with Crippen molar-refractivity contribution in [3.8, 4) is 0 Å². The van der Waals surface area contributed by atoms with Crippen molar-refractivity contribution in [2.24, 2.45) is 35.5 Å². The second-order valence-corrected chi connectivity index (χ2v) is 10.1. The van der Waals surface area contributed by atoms with Gasteiger partial charge in [-0.25, -0.2) is 4.79 Å². The second-order valence-electron chi connectivity index (χ2n) is 10.1. The van der Waals surface area contributed by atoms with Gasteiger partial charge in [-0.1, -0.05) is 38.2 Å². The summed E-state index contributed by atoms with van der Waals surface area (Å²) in [4.78, 5) is 26.7. The van der Waals surface area contributed by atoms with Crippen molar-refractivity contribution >= 4 is 11.8 Å². The molecule has 1 saturated carbocycles. The summed E-state index contributed by atoms with van der Waals surface area (Å²) >= 11 is 0. The predicted octanol–water partition coefficient (Wildman–Crippen LogP) is 3.25. The number of hydrogen-bond donors (Lipinski definition) is 1. The Balaban J connectivity index is 1.87. The molecule has 0 amide bonds. The van der Waals surface area contributed by atoms with Gasteiger partial charge in [-0.15, -0.1) is 6.58 Å². The van der Waals surface area contributed by atoms with Gasteiger partial charge in [0.05, 0.1) is 18.1 Å². The Labute approximate surface area is 190 Å². The highest BCUT2D eigenvalue weighted by molar-refractivity contribution is 5.88. The number of esters is 1. The molecule has 1 spiro atoms. The zero-order valence-electron chi connectivity index (χ0n) is 19.7. The first-order valence-corrected chi connectivity index (χ1v) is 11.8. The molecule has 4 rings (SSSR count). The first-order chi connectivity index (χ1) is 15.2. The molecule has 0 aromatic heterocycles. The van der Waals surface area contributed by atoms with Crippen LogP contribution in [0.25, 0.3) is 0 Å². The van der Waals surface area contributed by atoms with E-state index in [0.29, 0.717) is 6.42 Å². The molecule has 2 fully saturated rings. The van der Waals surface area contributed by atoms with Crippen molar-refractivity contribution in [2.75, 3.05) is 7.11 Å². The van der Waals surface area contributed by atoms with Crippen LogP contribution < -0.4 is 0 Å². The summed E-state index contributed by atoms with van der Waals surface area (Å²) in [5.74, 6) is -1.02. The minimum atomic E-state index is -0.843. The average Bonchev–Trinajstić information content (AvgIpc) is 2.94. The molecule has 1 N–H and O–H groups in total. The van der Waals surface area contributed by atoms with Crippen molar-refractivity contribution in [1.29, 1.82) is 0 Å². The van der Waals surface area contributed by atoms with Crippen LogP contribution in [0.4, 0.5) is 0 Å². The molecule has 0 radical (unpaired) electrons. The fourth-order valence-corrected chi connectivity index (χ4v) is 6.76. The molecule has 32 heavy (non-hydrogen) atoms.